The molecule has 1 aromatic heterocycles. The summed E-state index contributed by atoms with van der Waals surface area (Å²) in [6.07, 6.45) is 2.61. The molecule has 3 rings (SSSR count). The van der Waals surface area contributed by atoms with Crippen LogP contribution in [-0.2, 0) is 24.8 Å². The molecule has 11 heteroatoms. The van der Waals surface area contributed by atoms with Crippen molar-refractivity contribution >= 4 is 42.7 Å². The lowest BCUT2D eigenvalue weighted by Gasteiger charge is -2.23. The first-order chi connectivity index (χ1) is 13.4. The van der Waals surface area contributed by atoms with Crippen molar-refractivity contribution in [1.29, 1.82) is 0 Å². The number of carbonyl (C=O) groups excluding carboxylic acids is 1. The third kappa shape index (κ3) is 3.96. The molecule has 2 aromatic carbocycles. The quantitative estimate of drug-likeness (QED) is 0.560. The number of nitrogens with zero attached hydrogens (tertiary/aromatic N) is 1. The van der Waals surface area contributed by atoms with E-state index in [1.807, 2.05) is 0 Å². The Balaban J connectivity index is 2.43. The number of benzene rings is 2. The van der Waals surface area contributed by atoms with Crippen LogP contribution in [0.25, 0.3) is 22.1 Å². The van der Waals surface area contributed by atoms with Gasteiger partial charge in [-0.15, -0.1) is 0 Å². The van der Waals surface area contributed by atoms with Crippen LogP contribution in [-0.4, -0.2) is 42.4 Å². The van der Waals surface area contributed by atoms with Gasteiger partial charge in [0.25, 0.3) is 0 Å². The van der Waals surface area contributed by atoms with Gasteiger partial charge in [0.05, 0.1) is 25.3 Å². The van der Waals surface area contributed by atoms with Crippen LogP contribution in [0.15, 0.2) is 47.1 Å². The Morgan fingerprint density at radius 1 is 1.03 bits per heavy atom. The number of rotatable bonds is 5. The molecular weight excluding hydrogens is 425 g/mol. The lowest BCUT2D eigenvalue weighted by molar-refractivity contribution is 0.0602. The Morgan fingerprint density at radius 3 is 2.14 bits per heavy atom. The number of esters is 1. The normalized spacial score (nSPS) is 12.1. The second-order valence-corrected chi connectivity index (χ2v) is 10.1. The van der Waals surface area contributed by atoms with E-state index in [1.54, 1.807) is 0 Å². The van der Waals surface area contributed by atoms with E-state index in [9.17, 15) is 26.0 Å². The minimum absolute atomic E-state index is 0.0719. The van der Waals surface area contributed by atoms with Crippen LogP contribution in [0.2, 0.25) is 0 Å². The molecule has 0 saturated carbocycles. The molecular formula is C18H16FNO7S2. The zero-order valence-corrected chi connectivity index (χ0v) is 17.2. The summed E-state index contributed by atoms with van der Waals surface area (Å²) >= 11 is 0. The molecule has 0 unspecified atom stereocenters. The molecule has 3 aromatic rings. The summed E-state index contributed by atoms with van der Waals surface area (Å²) in [7, 11) is -7.33. The van der Waals surface area contributed by atoms with E-state index >= 15 is 0 Å². The molecule has 0 aliphatic carbocycles. The molecule has 0 amide bonds. The lowest BCUT2D eigenvalue weighted by Crippen LogP contribution is -2.35. The van der Waals surface area contributed by atoms with Gasteiger partial charge < -0.3 is 9.15 Å². The Bertz CT molecular complexity index is 1280. The number of hydrogen-bond donors (Lipinski definition) is 0. The van der Waals surface area contributed by atoms with Crippen LogP contribution in [0, 0.1) is 5.82 Å². The summed E-state index contributed by atoms with van der Waals surface area (Å²) in [6.45, 7) is 0. The first kappa shape index (κ1) is 20.8. The van der Waals surface area contributed by atoms with E-state index in [2.05, 4.69) is 0 Å². The Hall–Kier alpha value is -2.92. The summed E-state index contributed by atoms with van der Waals surface area (Å²) in [5, 5.41) is 0.280. The number of methoxy groups -OCH3 is 1. The molecule has 0 saturated heterocycles. The highest BCUT2D eigenvalue weighted by molar-refractivity contribution is 8.09. The van der Waals surface area contributed by atoms with E-state index in [4.69, 9.17) is 9.15 Å². The molecule has 29 heavy (non-hydrogen) atoms. The lowest BCUT2D eigenvalue weighted by atomic mass is 10.0. The van der Waals surface area contributed by atoms with Crippen LogP contribution in [0.5, 0.6) is 0 Å². The predicted molar refractivity (Wildman–Crippen MR) is 105 cm³/mol. The topological polar surface area (TPSA) is 111 Å². The summed E-state index contributed by atoms with van der Waals surface area (Å²) < 4.78 is 72.8. The second kappa shape index (κ2) is 7.16. The zero-order valence-electron chi connectivity index (χ0n) is 15.5. The molecule has 0 bridgehead atoms. The maximum Gasteiger partial charge on any atom is 0.341 e. The zero-order chi connectivity index (χ0) is 21.6. The minimum Gasteiger partial charge on any atom is -0.465 e. The monoisotopic (exact) mass is 441 g/mol. The summed E-state index contributed by atoms with van der Waals surface area (Å²) in [4.78, 5) is 12.0. The van der Waals surface area contributed by atoms with Gasteiger partial charge in [-0.05, 0) is 23.8 Å². The number of halogens is 1. The van der Waals surface area contributed by atoms with Crippen LogP contribution < -0.4 is 3.71 Å². The highest BCUT2D eigenvalue weighted by Gasteiger charge is 2.31. The first-order valence-electron chi connectivity index (χ1n) is 8.03. The van der Waals surface area contributed by atoms with Crippen molar-refractivity contribution in [3.63, 3.8) is 0 Å². The van der Waals surface area contributed by atoms with E-state index in [0.29, 0.717) is 5.56 Å². The van der Waals surface area contributed by atoms with Crippen molar-refractivity contribution in [2.24, 2.45) is 0 Å². The summed E-state index contributed by atoms with van der Waals surface area (Å²) in [5.41, 5.74) is 0.392. The Morgan fingerprint density at radius 2 is 1.62 bits per heavy atom. The Kier molecular flexibility index (Phi) is 5.13. The molecule has 0 atom stereocenters. The number of anilines is 1. The molecule has 154 valence electrons. The van der Waals surface area contributed by atoms with Gasteiger partial charge in [0.1, 0.15) is 23.2 Å². The fourth-order valence-electron chi connectivity index (χ4n) is 2.95. The summed E-state index contributed by atoms with van der Waals surface area (Å²) in [5.74, 6) is -1.22. The van der Waals surface area contributed by atoms with Gasteiger partial charge in [0, 0.05) is 17.0 Å². The van der Waals surface area contributed by atoms with Crippen molar-refractivity contribution < 1.29 is 35.2 Å². The largest absolute Gasteiger partial charge is 0.465 e. The average Bonchev–Trinajstić information content (AvgIpc) is 3.01. The van der Waals surface area contributed by atoms with E-state index in [0.717, 1.165) is 30.9 Å². The maximum absolute atomic E-state index is 13.4. The van der Waals surface area contributed by atoms with Crippen LogP contribution >= 0.6 is 0 Å². The number of fused-ring (bicyclic) bond motifs is 1. The van der Waals surface area contributed by atoms with Gasteiger partial charge in [-0.2, -0.15) is 3.71 Å². The van der Waals surface area contributed by atoms with Crippen LogP contribution in [0.3, 0.4) is 0 Å². The van der Waals surface area contributed by atoms with Gasteiger partial charge in [-0.3, -0.25) is 0 Å². The highest BCUT2D eigenvalue weighted by Crippen LogP contribution is 2.39. The van der Waals surface area contributed by atoms with Gasteiger partial charge in [-0.1, -0.05) is 12.1 Å². The number of sulfonamides is 2. The second-order valence-electron chi connectivity index (χ2n) is 6.24. The predicted octanol–water partition coefficient (Wildman–Crippen LogP) is 2.75. The molecule has 0 N–H and O–H groups in total. The van der Waals surface area contributed by atoms with E-state index < -0.39 is 31.8 Å². The third-order valence-corrected chi connectivity index (χ3v) is 7.27. The molecule has 0 aliphatic rings. The van der Waals surface area contributed by atoms with E-state index in [-0.39, 0.29) is 31.5 Å². The highest BCUT2D eigenvalue weighted by atomic mass is 32.3. The first-order valence-corrected chi connectivity index (χ1v) is 11.7. The fourth-order valence-corrected chi connectivity index (χ4v) is 5.93. The molecule has 0 fully saturated rings. The minimum atomic E-state index is -4.26. The van der Waals surface area contributed by atoms with E-state index in [1.165, 1.54) is 31.4 Å². The maximum atomic E-state index is 13.4. The van der Waals surface area contributed by atoms with Crippen molar-refractivity contribution in [2.45, 2.75) is 0 Å². The van der Waals surface area contributed by atoms with Gasteiger partial charge >= 0.3 is 5.97 Å². The number of furan rings is 1. The number of carbonyl (C=O) groups is 1. The molecule has 0 aliphatic heterocycles. The van der Waals surface area contributed by atoms with Crippen molar-refractivity contribution in [3.8, 4) is 11.1 Å². The smallest absolute Gasteiger partial charge is 0.341 e. The number of ether oxygens (including phenoxy) is 1. The molecule has 1 heterocycles. The SMILES string of the molecule is COC(=O)c1coc2cc(N(S(C)(=O)=O)S(C)(=O)=O)c(-c3ccc(F)cc3)cc12. The van der Waals surface area contributed by atoms with Gasteiger partial charge in [0.2, 0.25) is 20.0 Å². The average molecular weight is 441 g/mol. The van der Waals surface area contributed by atoms with Crippen LogP contribution in [0.1, 0.15) is 10.4 Å². The fraction of sp³-hybridized carbons (Fsp3) is 0.167. The van der Waals surface area contributed by atoms with Gasteiger partial charge in [0.15, 0.2) is 0 Å². The molecule has 0 radical (unpaired) electrons. The van der Waals surface area contributed by atoms with Crippen molar-refractivity contribution in [1.82, 2.24) is 0 Å². The molecule has 8 nitrogen and oxygen atoms in total. The van der Waals surface area contributed by atoms with Crippen LogP contribution in [0.4, 0.5) is 10.1 Å². The van der Waals surface area contributed by atoms with Crippen molar-refractivity contribution in [2.75, 3.05) is 23.3 Å². The molecule has 0 spiro atoms. The number of hydrogen-bond acceptors (Lipinski definition) is 7. The van der Waals surface area contributed by atoms with Gasteiger partial charge in [-0.25, -0.2) is 26.0 Å². The van der Waals surface area contributed by atoms with Crippen molar-refractivity contribution in [3.05, 3.63) is 54.0 Å². The standard InChI is InChI=1S/C18H16FNO7S2/c1-26-18(21)15-10-27-17-9-16(20(28(2,22)23)29(3,24)25)13(8-14(15)17)11-4-6-12(19)7-5-11/h4-10H,1-3H3. The Labute approximate surface area is 166 Å². The third-order valence-electron chi connectivity index (χ3n) is 4.05. The summed E-state index contributed by atoms with van der Waals surface area (Å²) in [6, 6.07) is 7.61.